The first kappa shape index (κ1) is 20.8. The molecule has 4 rings (SSSR count). The molecule has 0 radical (unpaired) electrons. The molecule has 2 aromatic carbocycles. The fourth-order valence-corrected chi connectivity index (χ4v) is 2.92. The Morgan fingerprint density at radius 1 is 0.875 bits per heavy atom. The number of hydrogen-bond donors (Lipinski definition) is 2. The second-order valence-electron chi connectivity index (χ2n) is 6.89. The summed E-state index contributed by atoms with van der Waals surface area (Å²) in [7, 11) is 0. The van der Waals surface area contributed by atoms with E-state index in [4.69, 9.17) is 4.74 Å². The number of hydrogen-bond acceptors (Lipinski definition) is 5. The van der Waals surface area contributed by atoms with Crippen molar-refractivity contribution in [1.82, 2.24) is 20.1 Å². The van der Waals surface area contributed by atoms with Crippen LogP contribution in [0.1, 0.15) is 11.1 Å². The number of rotatable bonds is 7. The van der Waals surface area contributed by atoms with E-state index in [1.54, 1.807) is 35.3 Å². The van der Waals surface area contributed by atoms with Crippen molar-refractivity contribution >= 4 is 17.6 Å². The van der Waals surface area contributed by atoms with Crippen LogP contribution >= 0.6 is 0 Å². The zero-order chi connectivity index (χ0) is 22.2. The first-order valence-electron chi connectivity index (χ1n) is 9.99. The minimum absolute atomic E-state index is 0.162. The molecular formula is C24H21N5O3. The van der Waals surface area contributed by atoms with Crippen molar-refractivity contribution in [3.05, 3.63) is 102 Å². The molecule has 0 saturated carbocycles. The van der Waals surface area contributed by atoms with Gasteiger partial charge in [0.05, 0.1) is 5.69 Å². The molecule has 2 aromatic heterocycles. The Hall–Kier alpha value is -4.46. The molecule has 32 heavy (non-hydrogen) atoms. The summed E-state index contributed by atoms with van der Waals surface area (Å²) in [5.74, 6) is -0.827. The molecule has 0 spiro atoms. The van der Waals surface area contributed by atoms with E-state index in [9.17, 15) is 9.59 Å². The Morgan fingerprint density at radius 3 is 2.41 bits per heavy atom. The summed E-state index contributed by atoms with van der Waals surface area (Å²) < 4.78 is 7.30. The van der Waals surface area contributed by atoms with Gasteiger partial charge < -0.3 is 15.4 Å². The number of pyridine rings is 1. The fraction of sp³-hybridized carbons (Fsp3) is 0.0833. The third-order valence-electron chi connectivity index (χ3n) is 4.54. The first-order chi connectivity index (χ1) is 15.7. The lowest BCUT2D eigenvalue weighted by Gasteiger charge is -2.08. The molecule has 8 heteroatoms. The van der Waals surface area contributed by atoms with E-state index in [1.165, 1.54) is 0 Å². The molecule has 4 aromatic rings. The second-order valence-corrected chi connectivity index (χ2v) is 6.89. The Kier molecular flexibility index (Phi) is 6.52. The van der Waals surface area contributed by atoms with Crippen LogP contribution in [0.5, 0.6) is 5.88 Å². The van der Waals surface area contributed by atoms with Gasteiger partial charge in [-0.3, -0.25) is 9.59 Å². The number of ether oxygens (including phenoxy) is 1. The largest absolute Gasteiger partial charge is 0.473 e. The number of anilines is 1. The molecule has 0 fully saturated rings. The van der Waals surface area contributed by atoms with Crippen molar-refractivity contribution in [3.8, 4) is 11.6 Å². The average Bonchev–Trinajstić information content (AvgIpc) is 3.31. The van der Waals surface area contributed by atoms with Crippen LogP contribution in [0.2, 0.25) is 0 Å². The molecule has 0 aliphatic carbocycles. The van der Waals surface area contributed by atoms with E-state index in [-0.39, 0.29) is 12.4 Å². The number of aromatic nitrogens is 3. The zero-order valence-corrected chi connectivity index (χ0v) is 17.1. The lowest BCUT2D eigenvalue weighted by molar-refractivity contribution is -0.136. The molecule has 2 amide bonds. The summed E-state index contributed by atoms with van der Waals surface area (Å²) in [4.78, 5) is 28.6. The predicted molar refractivity (Wildman–Crippen MR) is 119 cm³/mol. The maximum Gasteiger partial charge on any atom is 0.314 e. The van der Waals surface area contributed by atoms with E-state index in [2.05, 4.69) is 20.7 Å². The predicted octanol–water partition coefficient (Wildman–Crippen LogP) is 3.10. The average molecular weight is 427 g/mol. The second kappa shape index (κ2) is 10.0. The molecule has 0 unspecified atom stereocenters. The molecule has 8 nitrogen and oxygen atoms in total. The lowest BCUT2D eigenvalue weighted by Crippen LogP contribution is -2.35. The lowest BCUT2D eigenvalue weighted by atomic mass is 10.2. The first-order valence-corrected chi connectivity index (χ1v) is 9.99. The summed E-state index contributed by atoms with van der Waals surface area (Å²) in [6, 6.07) is 24.3. The molecule has 0 aliphatic heterocycles. The molecule has 0 bridgehead atoms. The molecule has 0 aliphatic rings. The van der Waals surface area contributed by atoms with Crippen LogP contribution in [0.3, 0.4) is 0 Å². The van der Waals surface area contributed by atoms with Crippen LogP contribution in [0.4, 0.5) is 5.82 Å². The standard InChI is InChI=1S/C24H21N5O3/c30-23(24(31)27-21-12-14-29(28-21)20-9-5-2-6-10-20)26-16-19-11-13-25-22(15-19)32-17-18-7-3-1-4-8-18/h1-15H,16-17H2,(H,26,30)(H,27,28,31). The van der Waals surface area contributed by atoms with Gasteiger partial charge >= 0.3 is 11.8 Å². The highest BCUT2D eigenvalue weighted by Crippen LogP contribution is 2.12. The summed E-state index contributed by atoms with van der Waals surface area (Å²) in [6.45, 7) is 0.552. The maximum absolute atomic E-state index is 12.2. The Balaban J connectivity index is 1.28. The molecule has 2 N–H and O–H groups in total. The monoisotopic (exact) mass is 427 g/mol. The Labute approximate surface area is 184 Å². The summed E-state index contributed by atoms with van der Waals surface area (Å²) >= 11 is 0. The van der Waals surface area contributed by atoms with Crippen LogP contribution in [-0.4, -0.2) is 26.6 Å². The summed E-state index contributed by atoms with van der Waals surface area (Å²) in [5.41, 5.74) is 2.64. The van der Waals surface area contributed by atoms with Gasteiger partial charge in [-0.25, -0.2) is 9.67 Å². The summed E-state index contributed by atoms with van der Waals surface area (Å²) in [5, 5.41) is 9.35. The van der Waals surface area contributed by atoms with E-state index >= 15 is 0 Å². The minimum Gasteiger partial charge on any atom is -0.473 e. The van der Waals surface area contributed by atoms with Gasteiger partial charge in [0, 0.05) is 31.1 Å². The minimum atomic E-state index is -0.794. The van der Waals surface area contributed by atoms with Crippen LogP contribution in [-0.2, 0) is 22.7 Å². The third-order valence-corrected chi connectivity index (χ3v) is 4.54. The van der Waals surface area contributed by atoms with E-state index in [0.29, 0.717) is 12.5 Å². The molecule has 0 saturated heterocycles. The smallest absolute Gasteiger partial charge is 0.314 e. The number of nitrogens with one attached hydrogen (secondary N) is 2. The SMILES string of the molecule is O=C(NCc1ccnc(OCc2ccccc2)c1)C(=O)Nc1ccn(-c2ccccc2)n1. The highest BCUT2D eigenvalue weighted by Gasteiger charge is 2.15. The highest BCUT2D eigenvalue weighted by atomic mass is 16.5. The Morgan fingerprint density at radius 2 is 1.62 bits per heavy atom. The van der Waals surface area contributed by atoms with Crippen LogP contribution < -0.4 is 15.4 Å². The van der Waals surface area contributed by atoms with E-state index < -0.39 is 11.8 Å². The van der Waals surface area contributed by atoms with Crippen molar-refractivity contribution in [2.24, 2.45) is 0 Å². The van der Waals surface area contributed by atoms with Gasteiger partial charge in [0.15, 0.2) is 5.82 Å². The van der Waals surface area contributed by atoms with Crippen molar-refractivity contribution in [3.63, 3.8) is 0 Å². The van der Waals surface area contributed by atoms with Gasteiger partial charge in [-0.05, 0) is 29.3 Å². The molecular weight excluding hydrogens is 406 g/mol. The van der Waals surface area contributed by atoms with Crippen molar-refractivity contribution < 1.29 is 14.3 Å². The van der Waals surface area contributed by atoms with Crippen molar-refractivity contribution in [2.75, 3.05) is 5.32 Å². The van der Waals surface area contributed by atoms with Gasteiger partial charge in [-0.1, -0.05) is 48.5 Å². The van der Waals surface area contributed by atoms with Gasteiger partial charge in [0.2, 0.25) is 5.88 Å². The molecule has 160 valence electrons. The Bertz CT molecular complexity index is 1190. The summed E-state index contributed by atoms with van der Waals surface area (Å²) in [6.07, 6.45) is 3.30. The van der Waals surface area contributed by atoms with Gasteiger partial charge in [-0.2, -0.15) is 5.10 Å². The van der Waals surface area contributed by atoms with Crippen LogP contribution in [0.15, 0.2) is 91.3 Å². The maximum atomic E-state index is 12.2. The fourth-order valence-electron chi connectivity index (χ4n) is 2.92. The number of benzene rings is 2. The topological polar surface area (TPSA) is 98.1 Å². The van der Waals surface area contributed by atoms with Gasteiger partial charge in [-0.15, -0.1) is 0 Å². The van der Waals surface area contributed by atoms with Crippen LogP contribution in [0, 0.1) is 0 Å². The molecule has 0 atom stereocenters. The number of para-hydroxylation sites is 1. The number of amides is 2. The van der Waals surface area contributed by atoms with E-state index in [1.807, 2.05) is 60.7 Å². The van der Waals surface area contributed by atoms with Gasteiger partial charge in [0.25, 0.3) is 0 Å². The highest BCUT2D eigenvalue weighted by molar-refractivity contribution is 6.39. The van der Waals surface area contributed by atoms with Gasteiger partial charge in [0.1, 0.15) is 6.61 Å². The quantitative estimate of drug-likeness (QED) is 0.442. The van der Waals surface area contributed by atoms with Crippen molar-refractivity contribution in [2.45, 2.75) is 13.2 Å². The zero-order valence-electron chi connectivity index (χ0n) is 17.1. The number of nitrogens with zero attached hydrogens (tertiary/aromatic N) is 3. The normalized spacial score (nSPS) is 10.4. The number of carbonyl (C=O) groups is 2. The van der Waals surface area contributed by atoms with Crippen molar-refractivity contribution in [1.29, 1.82) is 0 Å². The molecule has 2 heterocycles. The van der Waals surface area contributed by atoms with Crippen LogP contribution in [0.25, 0.3) is 5.69 Å². The van der Waals surface area contributed by atoms with E-state index in [0.717, 1.165) is 16.8 Å². The third kappa shape index (κ3) is 5.57. The number of carbonyl (C=O) groups excluding carboxylic acids is 2.